The van der Waals surface area contributed by atoms with Crippen LogP contribution in [-0.2, 0) is 26.7 Å². The van der Waals surface area contributed by atoms with Crippen molar-refractivity contribution in [1.82, 2.24) is 24.7 Å². The second-order valence-corrected chi connectivity index (χ2v) is 10.8. The molecule has 0 bridgehead atoms. The Bertz CT molecular complexity index is 1250. The molecule has 31 heavy (non-hydrogen) atoms. The van der Waals surface area contributed by atoms with Crippen molar-refractivity contribution in [3.63, 3.8) is 0 Å². The fraction of sp³-hybridized carbons (Fsp3) is 0.476. The molecule has 1 unspecified atom stereocenters. The Morgan fingerprint density at radius 2 is 2.19 bits per heavy atom. The number of nitrogens with zero attached hydrogens (tertiary/aromatic N) is 3. The van der Waals surface area contributed by atoms with E-state index in [0.717, 1.165) is 16.5 Å². The van der Waals surface area contributed by atoms with Crippen molar-refractivity contribution in [1.29, 1.82) is 0 Å². The van der Waals surface area contributed by atoms with Crippen LogP contribution in [0.3, 0.4) is 0 Å². The van der Waals surface area contributed by atoms with E-state index in [1.807, 2.05) is 30.5 Å². The summed E-state index contributed by atoms with van der Waals surface area (Å²) in [5, 5.41) is 8.12. The highest BCUT2D eigenvalue weighted by Gasteiger charge is 2.58. The van der Waals surface area contributed by atoms with Crippen molar-refractivity contribution in [3.05, 3.63) is 47.7 Å². The maximum absolute atomic E-state index is 12.8. The summed E-state index contributed by atoms with van der Waals surface area (Å²) in [7, 11) is -3.33. The summed E-state index contributed by atoms with van der Waals surface area (Å²) in [5.41, 5.74) is 1.40. The maximum Gasteiger partial charge on any atom is 0.234 e. The summed E-state index contributed by atoms with van der Waals surface area (Å²) in [6, 6.07) is 7.83. The van der Waals surface area contributed by atoms with Crippen LogP contribution in [0.5, 0.6) is 0 Å². The summed E-state index contributed by atoms with van der Waals surface area (Å²) in [6.45, 7) is 2.44. The molecule has 1 saturated carbocycles. The van der Waals surface area contributed by atoms with Crippen LogP contribution in [0, 0.1) is 12.8 Å². The third-order valence-electron chi connectivity index (χ3n) is 6.66. The van der Waals surface area contributed by atoms with Gasteiger partial charge in [-0.3, -0.25) is 4.79 Å². The first-order chi connectivity index (χ1) is 14.7. The standard InChI is InChI=1S/C21H25N5O4S/c1-13-23-20(30-25-13)21-9-16(8-15(21)11-26(12-21)31(2,28)29)24-19(27)7-14-10-22-18-6-4-3-5-17(14)18/h3-6,10,15-16,22H,7-9,11-12H2,1-2H3,(H,24,27)/t15?,16-,21+/m1/s1. The van der Waals surface area contributed by atoms with Gasteiger partial charge in [0, 0.05) is 36.2 Å². The van der Waals surface area contributed by atoms with Gasteiger partial charge in [0.2, 0.25) is 21.8 Å². The van der Waals surface area contributed by atoms with Crippen LogP contribution in [0.25, 0.3) is 10.9 Å². The number of carbonyl (C=O) groups excluding carboxylic acids is 1. The molecule has 0 spiro atoms. The number of carbonyl (C=O) groups is 1. The van der Waals surface area contributed by atoms with Crippen LogP contribution in [-0.4, -0.2) is 59.1 Å². The minimum Gasteiger partial charge on any atom is -0.361 e. The first kappa shape index (κ1) is 20.2. The van der Waals surface area contributed by atoms with Crippen LogP contribution in [0.1, 0.15) is 30.1 Å². The highest BCUT2D eigenvalue weighted by molar-refractivity contribution is 7.88. The van der Waals surface area contributed by atoms with Gasteiger partial charge in [-0.1, -0.05) is 23.4 Å². The molecule has 2 aliphatic rings. The van der Waals surface area contributed by atoms with Crippen LogP contribution in [0.15, 0.2) is 35.0 Å². The van der Waals surface area contributed by atoms with E-state index < -0.39 is 15.4 Å². The number of para-hydroxylation sites is 1. The van der Waals surface area contributed by atoms with E-state index in [-0.39, 0.29) is 24.3 Å². The van der Waals surface area contributed by atoms with E-state index >= 15 is 0 Å². The second-order valence-electron chi connectivity index (χ2n) is 8.80. The lowest BCUT2D eigenvalue weighted by Crippen LogP contribution is -2.39. The molecule has 1 aromatic carbocycles. The molecule has 2 N–H and O–H groups in total. The zero-order valence-corrected chi connectivity index (χ0v) is 18.3. The largest absolute Gasteiger partial charge is 0.361 e. The smallest absolute Gasteiger partial charge is 0.234 e. The van der Waals surface area contributed by atoms with E-state index in [9.17, 15) is 13.2 Å². The quantitative estimate of drug-likeness (QED) is 0.617. The number of fused-ring (bicyclic) bond motifs is 2. The molecule has 164 valence electrons. The molecule has 3 aromatic rings. The van der Waals surface area contributed by atoms with Crippen molar-refractivity contribution in [2.45, 2.75) is 37.6 Å². The molecule has 2 aromatic heterocycles. The van der Waals surface area contributed by atoms with Crippen LogP contribution < -0.4 is 5.32 Å². The SMILES string of the molecule is Cc1noc([C@]23C[C@H](NC(=O)Cc4c[nH]c5ccccc45)CC2CN(S(C)(=O)=O)C3)n1. The van der Waals surface area contributed by atoms with Gasteiger partial charge >= 0.3 is 0 Å². The number of sulfonamides is 1. The van der Waals surface area contributed by atoms with Gasteiger partial charge in [-0.25, -0.2) is 12.7 Å². The monoisotopic (exact) mass is 443 g/mol. The Labute approximate surface area is 180 Å². The molecular formula is C21H25N5O4S. The average molecular weight is 444 g/mol. The number of aryl methyl sites for hydroxylation is 1. The molecule has 3 heterocycles. The first-order valence-electron chi connectivity index (χ1n) is 10.3. The fourth-order valence-corrected chi connectivity index (χ4v) is 6.16. The summed E-state index contributed by atoms with van der Waals surface area (Å²) >= 11 is 0. The summed E-state index contributed by atoms with van der Waals surface area (Å²) in [5.74, 6) is 0.953. The Morgan fingerprint density at radius 3 is 2.94 bits per heavy atom. The Morgan fingerprint density at radius 1 is 1.39 bits per heavy atom. The van der Waals surface area contributed by atoms with Crippen molar-refractivity contribution in [3.8, 4) is 0 Å². The molecule has 10 heteroatoms. The molecule has 3 atom stereocenters. The zero-order valence-electron chi connectivity index (χ0n) is 17.5. The van der Waals surface area contributed by atoms with Gasteiger partial charge < -0.3 is 14.8 Å². The lowest BCUT2D eigenvalue weighted by molar-refractivity contribution is -0.121. The van der Waals surface area contributed by atoms with Gasteiger partial charge in [-0.05, 0) is 37.3 Å². The molecule has 0 radical (unpaired) electrons. The summed E-state index contributed by atoms with van der Waals surface area (Å²) < 4.78 is 31.3. The summed E-state index contributed by atoms with van der Waals surface area (Å²) in [4.78, 5) is 20.4. The van der Waals surface area contributed by atoms with Gasteiger partial charge in [-0.15, -0.1) is 0 Å². The molecule has 9 nitrogen and oxygen atoms in total. The molecule has 1 aliphatic carbocycles. The lowest BCUT2D eigenvalue weighted by atomic mass is 9.80. The van der Waals surface area contributed by atoms with E-state index in [4.69, 9.17) is 4.52 Å². The molecule has 1 aliphatic heterocycles. The number of nitrogens with one attached hydrogen (secondary N) is 2. The van der Waals surface area contributed by atoms with Gasteiger partial charge in [0.1, 0.15) is 0 Å². The van der Waals surface area contributed by atoms with Crippen molar-refractivity contribution in [2.24, 2.45) is 5.92 Å². The predicted molar refractivity (Wildman–Crippen MR) is 114 cm³/mol. The van der Waals surface area contributed by atoms with Crippen LogP contribution >= 0.6 is 0 Å². The lowest BCUT2D eigenvalue weighted by Gasteiger charge is -2.24. The third kappa shape index (κ3) is 3.53. The number of benzene rings is 1. The van der Waals surface area contributed by atoms with E-state index in [1.54, 1.807) is 6.92 Å². The van der Waals surface area contributed by atoms with Crippen molar-refractivity contribution < 1.29 is 17.7 Å². The van der Waals surface area contributed by atoms with Crippen LogP contribution in [0.4, 0.5) is 0 Å². The Balaban J connectivity index is 1.34. The number of hydrogen-bond donors (Lipinski definition) is 2. The van der Waals surface area contributed by atoms with Crippen molar-refractivity contribution >= 4 is 26.8 Å². The Kier molecular flexibility index (Phi) is 4.67. The highest BCUT2D eigenvalue weighted by Crippen LogP contribution is 2.50. The average Bonchev–Trinajstić information content (AvgIpc) is 3.44. The number of H-pyrrole nitrogens is 1. The summed E-state index contributed by atoms with van der Waals surface area (Å²) in [6.07, 6.45) is 4.63. The van der Waals surface area contributed by atoms with Gasteiger partial charge in [0.15, 0.2) is 5.82 Å². The fourth-order valence-electron chi connectivity index (χ4n) is 5.25. The minimum absolute atomic E-state index is 0.0143. The normalized spacial score (nSPS) is 26.4. The van der Waals surface area contributed by atoms with E-state index in [1.165, 1.54) is 10.6 Å². The van der Waals surface area contributed by atoms with Gasteiger partial charge in [0.25, 0.3) is 0 Å². The highest BCUT2D eigenvalue weighted by atomic mass is 32.2. The van der Waals surface area contributed by atoms with Crippen molar-refractivity contribution in [2.75, 3.05) is 19.3 Å². The van der Waals surface area contributed by atoms with Gasteiger partial charge in [-0.2, -0.15) is 4.98 Å². The molecule has 1 amide bonds. The number of aromatic amines is 1. The number of hydrogen-bond acceptors (Lipinski definition) is 6. The maximum atomic E-state index is 12.8. The molecule has 5 rings (SSSR count). The number of rotatable bonds is 5. The number of aromatic nitrogens is 3. The van der Waals surface area contributed by atoms with E-state index in [2.05, 4.69) is 20.4 Å². The van der Waals surface area contributed by atoms with Crippen LogP contribution in [0.2, 0.25) is 0 Å². The topological polar surface area (TPSA) is 121 Å². The van der Waals surface area contributed by atoms with E-state index in [0.29, 0.717) is 37.6 Å². The molecule has 2 fully saturated rings. The minimum atomic E-state index is -3.33. The number of amides is 1. The predicted octanol–water partition coefficient (Wildman–Crippen LogP) is 1.51. The Hall–Kier alpha value is -2.72. The third-order valence-corrected chi connectivity index (χ3v) is 7.87. The van der Waals surface area contributed by atoms with Gasteiger partial charge in [0.05, 0.1) is 18.1 Å². The molecular weight excluding hydrogens is 418 g/mol. The molecule has 1 saturated heterocycles. The zero-order chi connectivity index (χ0) is 21.8. The second kappa shape index (κ2) is 7.16. The first-order valence-corrected chi connectivity index (χ1v) is 12.2.